The molecule has 25 heavy (non-hydrogen) atoms. The number of halogens is 1. The van der Waals surface area contributed by atoms with Gasteiger partial charge < -0.3 is 10.6 Å². The van der Waals surface area contributed by atoms with E-state index in [1.807, 2.05) is 36.4 Å². The van der Waals surface area contributed by atoms with Crippen LogP contribution in [0.5, 0.6) is 0 Å². The first-order chi connectivity index (χ1) is 12.2. The molecule has 0 atom stereocenters. The van der Waals surface area contributed by atoms with Gasteiger partial charge in [-0.1, -0.05) is 29.8 Å². The van der Waals surface area contributed by atoms with Crippen LogP contribution in [0.15, 0.2) is 67.0 Å². The fourth-order valence-electron chi connectivity index (χ4n) is 2.20. The first-order valence-corrected chi connectivity index (χ1v) is 8.21. The Kier molecular flexibility index (Phi) is 5.59. The Balaban J connectivity index is 1.52. The minimum atomic E-state index is -0.216. The third-order valence-electron chi connectivity index (χ3n) is 3.56. The lowest BCUT2D eigenvalue weighted by atomic mass is 10.2. The number of amides is 1. The average Bonchev–Trinajstić information content (AvgIpc) is 2.67. The molecule has 5 nitrogen and oxygen atoms in total. The molecular formula is C19H17ClN4O. The van der Waals surface area contributed by atoms with Crippen molar-refractivity contribution in [2.45, 2.75) is 13.1 Å². The van der Waals surface area contributed by atoms with Gasteiger partial charge in [-0.05, 0) is 42.0 Å². The molecule has 126 valence electrons. The van der Waals surface area contributed by atoms with Gasteiger partial charge in [-0.15, -0.1) is 0 Å². The first-order valence-electron chi connectivity index (χ1n) is 7.83. The van der Waals surface area contributed by atoms with Crippen molar-refractivity contribution in [3.8, 4) is 0 Å². The highest BCUT2D eigenvalue weighted by molar-refractivity contribution is 6.30. The Morgan fingerprint density at radius 1 is 0.960 bits per heavy atom. The summed E-state index contributed by atoms with van der Waals surface area (Å²) in [6.45, 7) is 1.03. The lowest BCUT2D eigenvalue weighted by molar-refractivity contribution is 0.0946. The summed E-state index contributed by atoms with van der Waals surface area (Å²) in [4.78, 5) is 20.6. The van der Waals surface area contributed by atoms with E-state index >= 15 is 0 Å². The molecular weight excluding hydrogens is 336 g/mol. The van der Waals surface area contributed by atoms with Gasteiger partial charge in [0.15, 0.2) is 0 Å². The number of aromatic nitrogens is 2. The van der Waals surface area contributed by atoms with E-state index in [0.29, 0.717) is 23.8 Å². The van der Waals surface area contributed by atoms with Crippen LogP contribution in [0.1, 0.15) is 21.7 Å². The maximum Gasteiger partial charge on any atom is 0.270 e. The van der Waals surface area contributed by atoms with Crippen LogP contribution in [0, 0.1) is 0 Å². The summed E-state index contributed by atoms with van der Waals surface area (Å²) in [5.41, 5.74) is 3.12. The summed E-state index contributed by atoms with van der Waals surface area (Å²) >= 11 is 5.84. The van der Waals surface area contributed by atoms with E-state index < -0.39 is 0 Å². The molecule has 0 aliphatic carbocycles. The summed E-state index contributed by atoms with van der Waals surface area (Å²) in [6, 6.07) is 16.6. The van der Waals surface area contributed by atoms with E-state index in [2.05, 4.69) is 20.6 Å². The molecule has 0 aliphatic rings. The van der Waals surface area contributed by atoms with Crippen LogP contribution < -0.4 is 10.6 Å². The van der Waals surface area contributed by atoms with Crippen LogP contribution in [0.2, 0.25) is 5.02 Å². The summed E-state index contributed by atoms with van der Waals surface area (Å²) in [6.07, 6.45) is 3.39. The Labute approximate surface area is 151 Å². The highest BCUT2D eigenvalue weighted by Crippen LogP contribution is 2.10. The molecule has 3 rings (SSSR count). The number of rotatable bonds is 6. The number of nitrogens with one attached hydrogen (secondary N) is 2. The molecule has 0 radical (unpaired) electrons. The van der Waals surface area contributed by atoms with Crippen LogP contribution in [0.3, 0.4) is 0 Å². The molecule has 0 spiro atoms. The van der Waals surface area contributed by atoms with E-state index in [9.17, 15) is 4.79 Å². The molecule has 0 unspecified atom stereocenters. The monoisotopic (exact) mass is 352 g/mol. The molecule has 2 aromatic heterocycles. The molecule has 0 saturated heterocycles. The SMILES string of the molecule is O=C(NCc1ccc(Cl)cc1)c1ccc(NCc2ccccn2)cn1. The molecule has 0 saturated carbocycles. The Morgan fingerprint density at radius 2 is 1.80 bits per heavy atom. The minimum absolute atomic E-state index is 0.216. The fraction of sp³-hybridized carbons (Fsp3) is 0.105. The maximum atomic E-state index is 12.1. The van der Waals surface area contributed by atoms with Crippen molar-refractivity contribution in [3.63, 3.8) is 0 Å². The predicted octanol–water partition coefficient (Wildman–Crippen LogP) is 3.67. The lowest BCUT2D eigenvalue weighted by Crippen LogP contribution is -2.23. The summed E-state index contributed by atoms with van der Waals surface area (Å²) < 4.78 is 0. The average molecular weight is 353 g/mol. The van der Waals surface area contributed by atoms with E-state index in [1.165, 1.54) is 0 Å². The van der Waals surface area contributed by atoms with E-state index in [0.717, 1.165) is 16.9 Å². The standard InChI is InChI=1S/C19H17ClN4O/c20-15-6-4-14(5-7-15)11-24-19(25)18-9-8-17(13-23-18)22-12-16-3-1-2-10-21-16/h1-10,13,22H,11-12H2,(H,24,25). The molecule has 2 heterocycles. The normalized spacial score (nSPS) is 10.3. The van der Waals surface area contributed by atoms with Crippen LogP contribution in [-0.4, -0.2) is 15.9 Å². The van der Waals surface area contributed by atoms with Gasteiger partial charge in [-0.3, -0.25) is 9.78 Å². The molecule has 0 bridgehead atoms. The fourth-order valence-corrected chi connectivity index (χ4v) is 2.33. The highest BCUT2D eigenvalue weighted by Gasteiger charge is 2.07. The summed E-state index contributed by atoms with van der Waals surface area (Å²) in [5, 5.41) is 6.73. The molecule has 1 aromatic carbocycles. The number of hydrogen-bond donors (Lipinski definition) is 2. The van der Waals surface area contributed by atoms with Crippen LogP contribution >= 0.6 is 11.6 Å². The molecule has 0 fully saturated rings. The van der Waals surface area contributed by atoms with Gasteiger partial charge in [-0.2, -0.15) is 0 Å². The van der Waals surface area contributed by atoms with E-state index in [4.69, 9.17) is 11.6 Å². The number of carbonyl (C=O) groups excluding carboxylic acids is 1. The van der Waals surface area contributed by atoms with Gasteiger partial charge in [0.25, 0.3) is 5.91 Å². The molecule has 3 aromatic rings. The second-order valence-corrected chi connectivity index (χ2v) is 5.85. The van der Waals surface area contributed by atoms with E-state index in [-0.39, 0.29) is 5.91 Å². The highest BCUT2D eigenvalue weighted by atomic mass is 35.5. The number of benzene rings is 1. The summed E-state index contributed by atoms with van der Waals surface area (Å²) in [7, 11) is 0. The number of hydrogen-bond acceptors (Lipinski definition) is 4. The molecule has 2 N–H and O–H groups in total. The number of pyridine rings is 2. The maximum absolute atomic E-state index is 12.1. The smallest absolute Gasteiger partial charge is 0.270 e. The number of carbonyl (C=O) groups is 1. The van der Waals surface area contributed by atoms with Crippen molar-refractivity contribution in [2.75, 3.05) is 5.32 Å². The quantitative estimate of drug-likeness (QED) is 0.710. The van der Waals surface area contributed by atoms with Crippen molar-refractivity contribution >= 4 is 23.2 Å². The van der Waals surface area contributed by atoms with Gasteiger partial charge in [0.05, 0.1) is 24.1 Å². The predicted molar refractivity (Wildman–Crippen MR) is 98.4 cm³/mol. The van der Waals surface area contributed by atoms with Gasteiger partial charge in [0, 0.05) is 17.8 Å². The third-order valence-corrected chi connectivity index (χ3v) is 3.81. The molecule has 6 heteroatoms. The minimum Gasteiger partial charge on any atom is -0.378 e. The van der Waals surface area contributed by atoms with Gasteiger partial charge >= 0.3 is 0 Å². The van der Waals surface area contributed by atoms with Crippen molar-refractivity contribution in [2.24, 2.45) is 0 Å². The Bertz CT molecular complexity index is 820. The molecule has 0 aliphatic heterocycles. The third kappa shape index (κ3) is 5.02. The Morgan fingerprint density at radius 3 is 2.48 bits per heavy atom. The number of nitrogens with zero attached hydrogens (tertiary/aromatic N) is 2. The summed E-state index contributed by atoms with van der Waals surface area (Å²) in [5.74, 6) is -0.216. The lowest BCUT2D eigenvalue weighted by Gasteiger charge is -2.07. The largest absolute Gasteiger partial charge is 0.378 e. The van der Waals surface area contributed by atoms with Crippen LogP contribution in [0.25, 0.3) is 0 Å². The Hall–Kier alpha value is -2.92. The topological polar surface area (TPSA) is 66.9 Å². The zero-order valence-corrected chi connectivity index (χ0v) is 14.2. The number of anilines is 1. The van der Waals surface area contributed by atoms with E-state index in [1.54, 1.807) is 30.6 Å². The first kappa shape index (κ1) is 16.9. The van der Waals surface area contributed by atoms with Crippen LogP contribution in [-0.2, 0) is 13.1 Å². The van der Waals surface area contributed by atoms with Crippen molar-refractivity contribution in [1.82, 2.24) is 15.3 Å². The second kappa shape index (κ2) is 8.26. The second-order valence-electron chi connectivity index (χ2n) is 5.42. The van der Waals surface area contributed by atoms with Crippen molar-refractivity contribution in [1.29, 1.82) is 0 Å². The van der Waals surface area contributed by atoms with Crippen molar-refractivity contribution < 1.29 is 4.79 Å². The van der Waals surface area contributed by atoms with Gasteiger partial charge in [-0.25, -0.2) is 4.98 Å². The van der Waals surface area contributed by atoms with Crippen molar-refractivity contribution in [3.05, 3.63) is 89.0 Å². The van der Waals surface area contributed by atoms with Gasteiger partial charge in [0.2, 0.25) is 0 Å². The zero-order valence-electron chi connectivity index (χ0n) is 13.4. The van der Waals surface area contributed by atoms with Gasteiger partial charge in [0.1, 0.15) is 5.69 Å². The molecule has 1 amide bonds. The van der Waals surface area contributed by atoms with Crippen LogP contribution in [0.4, 0.5) is 5.69 Å². The zero-order chi connectivity index (χ0) is 17.5.